The second kappa shape index (κ2) is 4.80. The van der Waals surface area contributed by atoms with Crippen LogP contribution in [0.25, 0.3) is 0 Å². The van der Waals surface area contributed by atoms with Crippen molar-refractivity contribution in [2.75, 3.05) is 19.8 Å². The maximum absolute atomic E-state index is 8.80. The molecule has 0 aromatic carbocycles. The molecule has 0 amide bonds. The minimum absolute atomic E-state index is 0.119. The van der Waals surface area contributed by atoms with Crippen molar-refractivity contribution in [3.8, 4) is 0 Å². The summed E-state index contributed by atoms with van der Waals surface area (Å²) in [7, 11) is -1.63. The summed E-state index contributed by atoms with van der Waals surface area (Å²) in [6.45, 7) is 4.87. The standard InChI is InChI=1S/C6H11O4P/c1-2-3-8-4-6-5-9-11(7)10-6/h2,6-7H,1,3-5H2. The predicted molar refractivity (Wildman–Crippen MR) is 41.0 cm³/mol. The summed E-state index contributed by atoms with van der Waals surface area (Å²) in [5, 5.41) is 0. The highest BCUT2D eigenvalue weighted by Crippen LogP contribution is 2.40. The van der Waals surface area contributed by atoms with Crippen molar-refractivity contribution >= 4 is 8.60 Å². The normalized spacial score (nSPS) is 30.6. The van der Waals surface area contributed by atoms with Gasteiger partial charge in [0.1, 0.15) is 6.10 Å². The lowest BCUT2D eigenvalue weighted by Gasteiger charge is -2.05. The second-order valence-electron chi connectivity index (χ2n) is 2.09. The van der Waals surface area contributed by atoms with Gasteiger partial charge >= 0.3 is 8.60 Å². The quantitative estimate of drug-likeness (QED) is 0.393. The molecule has 1 rings (SSSR count). The summed E-state index contributed by atoms with van der Waals surface area (Å²) in [6.07, 6.45) is 1.54. The third-order valence-electron chi connectivity index (χ3n) is 1.15. The molecule has 0 saturated carbocycles. The van der Waals surface area contributed by atoms with E-state index in [4.69, 9.17) is 18.7 Å². The summed E-state index contributed by atoms with van der Waals surface area (Å²) in [5.74, 6) is 0. The highest BCUT2D eigenvalue weighted by molar-refractivity contribution is 7.40. The van der Waals surface area contributed by atoms with Crippen LogP contribution in [0.3, 0.4) is 0 Å². The Kier molecular flexibility index (Phi) is 3.97. The number of hydrogen-bond donors (Lipinski definition) is 1. The topological polar surface area (TPSA) is 47.9 Å². The molecule has 0 aliphatic carbocycles. The molecule has 5 heteroatoms. The maximum Gasteiger partial charge on any atom is 0.330 e. The van der Waals surface area contributed by atoms with Crippen molar-refractivity contribution in [3.05, 3.63) is 12.7 Å². The first-order chi connectivity index (χ1) is 5.33. The Balaban J connectivity index is 2.03. The SMILES string of the molecule is C=CCOCC1COP(O)O1. The van der Waals surface area contributed by atoms with Gasteiger partial charge in [0, 0.05) is 0 Å². The molecule has 1 fully saturated rings. The zero-order valence-corrected chi connectivity index (χ0v) is 7.00. The summed E-state index contributed by atoms with van der Waals surface area (Å²) in [4.78, 5) is 8.80. The minimum Gasteiger partial charge on any atom is -0.375 e. The molecule has 11 heavy (non-hydrogen) atoms. The third-order valence-corrected chi connectivity index (χ3v) is 2.00. The highest BCUT2D eigenvalue weighted by atomic mass is 31.2. The van der Waals surface area contributed by atoms with Crippen LogP contribution in [0.4, 0.5) is 0 Å². The van der Waals surface area contributed by atoms with Gasteiger partial charge in [0.05, 0.1) is 19.8 Å². The molecule has 1 aliphatic rings. The summed E-state index contributed by atoms with van der Waals surface area (Å²) >= 11 is 0. The molecule has 64 valence electrons. The number of rotatable bonds is 4. The first kappa shape index (κ1) is 9.10. The molecule has 0 spiro atoms. The molecular formula is C6H11O4P. The minimum atomic E-state index is -1.63. The van der Waals surface area contributed by atoms with Crippen molar-refractivity contribution < 1.29 is 18.7 Å². The van der Waals surface area contributed by atoms with Crippen LogP contribution in [-0.4, -0.2) is 30.8 Å². The Morgan fingerprint density at radius 1 is 1.82 bits per heavy atom. The van der Waals surface area contributed by atoms with Crippen molar-refractivity contribution in [1.82, 2.24) is 0 Å². The summed E-state index contributed by atoms with van der Waals surface area (Å²) in [6, 6.07) is 0. The average Bonchev–Trinajstić information content (AvgIpc) is 2.37. The fourth-order valence-corrected chi connectivity index (χ4v) is 1.43. The second-order valence-corrected chi connectivity index (χ2v) is 3.03. The molecule has 2 unspecified atom stereocenters. The fraction of sp³-hybridized carbons (Fsp3) is 0.667. The van der Waals surface area contributed by atoms with Crippen LogP contribution in [0.2, 0.25) is 0 Å². The van der Waals surface area contributed by atoms with Gasteiger partial charge < -0.3 is 18.7 Å². The highest BCUT2D eigenvalue weighted by Gasteiger charge is 2.25. The van der Waals surface area contributed by atoms with E-state index in [-0.39, 0.29) is 6.10 Å². The largest absolute Gasteiger partial charge is 0.375 e. The number of ether oxygens (including phenoxy) is 1. The van der Waals surface area contributed by atoms with E-state index in [1.165, 1.54) is 0 Å². The molecule has 2 atom stereocenters. The summed E-state index contributed by atoms with van der Waals surface area (Å²) < 4.78 is 14.8. The van der Waals surface area contributed by atoms with E-state index in [1.54, 1.807) is 6.08 Å². The van der Waals surface area contributed by atoms with Crippen LogP contribution in [-0.2, 0) is 13.8 Å². The lowest BCUT2D eigenvalue weighted by Crippen LogP contribution is -2.16. The van der Waals surface area contributed by atoms with Gasteiger partial charge in [0.2, 0.25) is 0 Å². The average molecular weight is 178 g/mol. The molecule has 0 aromatic heterocycles. The van der Waals surface area contributed by atoms with Gasteiger partial charge in [0.25, 0.3) is 0 Å². The fourth-order valence-electron chi connectivity index (χ4n) is 0.697. The lowest BCUT2D eigenvalue weighted by molar-refractivity contribution is 0.0753. The van der Waals surface area contributed by atoms with Gasteiger partial charge in [-0.15, -0.1) is 6.58 Å². The van der Waals surface area contributed by atoms with E-state index in [0.29, 0.717) is 19.8 Å². The van der Waals surface area contributed by atoms with Crippen molar-refractivity contribution in [2.24, 2.45) is 0 Å². The van der Waals surface area contributed by atoms with Gasteiger partial charge in [-0.05, 0) is 0 Å². The van der Waals surface area contributed by atoms with Crippen LogP contribution >= 0.6 is 8.60 Å². The molecule has 1 aliphatic heterocycles. The van der Waals surface area contributed by atoms with Gasteiger partial charge in [-0.25, -0.2) is 0 Å². The van der Waals surface area contributed by atoms with Crippen LogP contribution in [0.5, 0.6) is 0 Å². The predicted octanol–water partition coefficient (Wildman–Crippen LogP) is 0.824. The smallest absolute Gasteiger partial charge is 0.330 e. The zero-order chi connectivity index (χ0) is 8.10. The first-order valence-electron chi connectivity index (χ1n) is 3.30. The van der Waals surface area contributed by atoms with E-state index in [1.807, 2.05) is 0 Å². The molecule has 0 bridgehead atoms. The molecule has 4 nitrogen and oxygen atoms in total. The van der Waals surface area contributed by atoms with E-state index >= 15 is 0 Å². The molecule has 0 radical (unpaired) electrons. The zero-order valence-electron chi connectivity index (χ0n) is 6.10. The van der Waals surface area contributed by atoms with E-state index in [9.17, 15) is 0 Å². The maximum atomic E-state index is 8.80. The van der Waals surface area contributed by atoms with Crippen LogP contribution in [0.1, 0.15) is 0 Å². The van der Waals surface area contributed by atoms with Gasteiger partial charge in [-0.1, -0.05) is 6.08 Å². The lowest BCUT2D eigenvalue weighted by atomic mass is 10.4. The Morgan fingerprint density at radius 3 is 3.18 bits per heavy atom. The van der Waals surface area contributed by atoms with E-state index in [0.717, 1.165) is 0 Å². The Hall–Kier alpha value is 0.0100. The van der Waals surface area contributed by atoms with Crippen LogP contribution < -0.4 is 0 Å². The number of hydrogen-bond acceptors (Lipinski definition) is 4. The molecule has 1 saturated heterocycles. The molecule has 1 N–H and O–H groups in total. The van der Waals surface area contributed by atoms with Crippen LogP contribution in [0, 0.1) is 0 Å². The van der Waals surface area contributed by atoms with Crippen molar-refractivity contribution in [1.29, 1.82) is 0 Å². The molecule has 0 aromatic rings. The third kappa shape index (κ3) is 3.27. The van der Waals surface area contributed by atoms with Crippen LogP contribution in [0.15, 0.2) is 12.7 Å². The van der Waals surface area contributed by atoms with Gasteiger partial charge in [-0.3, -0.25) is 0 Å². The Labute approximate surface area is 66.8 Å². The molecule has 1 heterocycles. The Bertz CT molecular complexity index is 130. The van der Waals surface area contributed by atoms with E-state index < -0.39 is 8.60 Å². The monoisotopic (exact) mass is 178 g/mol. The van der Waals surface area contributed by atoms with Gasteiger partial charge in [0.15, 0.2) is 0 Å². The van der Waals surface area contributed by atoms with Crippen molar-refractivity contribution in [3.63, 3.8) is 0 Å². The Morgan fingerprint density at radius 2 is 2.64 bits per heavy atom. The molecular weight excluding hydrogens is 167 g/mol. The van der Waals surface area contributed by atoms with E-state index in [2.05, 4.69) is 6.58 Å². The van der Waals surface area contributed by atoms with Crippen molar-refractivity contribution in [2.45, 2.75) is 6.10 Å². The first-order valence-corrected chi connectivity index (χ1v) is 4.43. The summed E-state index contributed by atoms with van der Waals surface area (Å²) in [5.41, 5.74) is 0. The van der Waals surface area contributed by atoms with Gasteiger partial charge in [-0.2, -0.15) is 0 Å².